The van der Waals surface area contributed by atoms with Crippen LogP contribution in [0, 0.1) is 27.2 Å². The number of hydrazone groups is 1. The third kappa shape index (κ3) is 4.45. The van der Waals surface area contributed by atoms with E-state index in [1.165, 1.54) is 23.3 Å². The van der Waals surface area contributed by atoms with Gasteiger partial charge in [-0.15, -0.1) is 0 Å². The molecule has 0 amide bonds. The maximum atomic E-state index is 11.2. The van der Waals surface area contributed by atoms with Gasteiger partial charge in [-0.05, 0) is 44.9 Å². The van der Waals surface area contributed by atoms with E-state index in [0.29, 0.717) is 12.8 Å². The molecule has 0 aliphatic rings. The summed E-state index contributed by atoms with van der Waals surface area (Å²) in [4.78, 5) is 20.7. The number of rotatable bonds is 8. The summed E-state index contributed by atoms with van der Waals surface area (Å²) in [6.45, 7) is 5.94. The van der Waals surface area contributed by atoms with Crippen molar-refractivity contribution >= 4 is 33.7 Å². The Morgan fingerprint density at radius 1 is 1.13 bits per heavy atom. The van der Waals surface area contributed by atoms with Gasteiger partial charge in [0.15, 0.2) is 0 Å². The second kappa shape index (κ2) is 8.73. The molecule has 1 heterocycles. The number of nitro groups is 2. The van der Waals surface area contributed by atoms with Gasteiger partial charge in [0.2, 0.25) is 0 Å². The van der Waals surface area contributed by atoms with Gasteiger partial charge in [0.25, 0.3) is 5.69 Å². The number of aryl methyl sites for hydroxylation is 3. The molecule has 0 atom stereocenters. The molecule has 1 N–H and O–H groups in total. The number of nitrogens with one attached hydrogen (secondary N) is 1. The van der Waals surface area contributed by atoms with Crippen LogP contribution < -0.4 is 5.43 Å². The van der Waals surface area contributed by atoms with Gasteiger partial charge in [-0.2, -0.15) is 5.10 Å². The van der Waals surface area contributed by atoms with Crippen LogP contribution in [0.1, 0.15) is 37.2 Å². The summed E-state index contributed by atoms with van der Waals surface area (Å²) in [7, 11) is 0. The number of non-ortho nitro benzene ring substituents is 1. The van der Waals surface area contributed by atoms with Crippen LogP contribution in [0.3, 0.4) is 0 Å². The molecular weight excluding hydrogens is 388 g/mol. The highest BCUT2D eigenvalue weighted by Gasteiger charge is 2.19. The Labute approximate surface area is 172 Å². The molecule has 9 heteroatoms. The number of nitro benzene ring substituents is 2. The predicted molar refractivity (Wildman–Crippen MR) is 115 cm³/mol. The first kappa shape index (κ1) is 21.0. The molecule has 1 aromatic heterocycles. The van der Waals surface area contributed by atoms with Crippen LogP contribution in [-0.4, -0.2) is 15.6 Å². The molecule has 2 aromatic carbocycles. The van der Waals surface area contributed by atoms with Gasteiger partial charge in [0.1, 0.15) is 17.0 Å². The summed E-state index contributed by atoms with van der Waals surface area (Å²) >= 11 is 0. The van der Waals surface area contributed by atoms with Crippen LogP contribution in [0.5, 0.6) is 0 Å². The second-order valence-electron chi connectivity index (χ2n) is 7.03. The van der Waals surface area contributed by atoms with Crippen LogP contribution in [0.4, 0.5) is 17.1 Å². The number of furan rings is 1. The van der Waals surface area contributed by atoms with Crippen LogP contribution in [0.15, 0.2) is 45.9 Å². The van der Waals surface area contributed by atoms with E-state index in [2.05, 4.69) is 23.5 Å². The van der Waals surface area contributed by atoms with E-state index in [9.17, 15) is 20.2 Å². The quantitative estimate of drug-likeness (QED) is 0.295. The van der Waals surface area contributed by atoms with E-state index in [4.69, 9.17) is 4.42 Å². The van der Waals surface area contributed by atoms with Gasteiger partial charge in [-0.3, -0.25) is 25.7 Å². The van der Waals surface area contributed by atoms with Crippen molar-refractivity contribution in [2.24, 2.45) is 5.10 Å². The fourth-order valence-corrected chi connectivity index (χ4v) is 3.29. The lowest BCUT2D eigenvalue weighted by molar-refractivity contribution is -0.393. The van der Waals surface area contributed by atoms with Crippen LogP contribution in [-0.2, 0) is 12.8 Å². The summed E-state index contributed by atoms with van der Waals surface area (Å²) in [5.41, 5.74) is 5.94. The van der Waals surface area contributed by atoms with Gasteiger partial charge in [0.05, 0.1) is 15.9 Å². The Hall–Kier alpha value is -3.75. The van der Waals surface area contributed by atoms with Crippen LogP contribution in [0.2, 0.25) is 0 Å². The van der Waals surface area contributed by atoms with E-state index < -0.39 is 15.5 Å². The van der Waals surface area contributed by atoms with Gasteiger partial charge in [-0.1, -0.05) is 18.6 Å². The summed E-state index contributed by atoms with van der Waals surface area (Å²) < 4.78 is 6.02. The summed E-state index contributed by atoms with van der Waals surface area (Å²) in [5, 5.41) is 27.4. The second-order valence-corrected chi connectivity index (χ2v) is 7.03. The van der Waals surface area contributed by atoms with Crippen molar-refractivity contribution in [2.45, 2.75) is 40.0 Å². The van der Waals surface area contributed by atoms with Crippen molar-refractivity contribution in [3.05, 3.63) is 73.5 Å². The zero-order valence-electron chi connectivity index (χ0n) is 17.0. The third-order valence-electron chi connectivity index (χ3n) is 4.85. The number of anilines is 1. The molecule has 0 aliphatic carbocycles. The molecular formula is C21H22N4O5. The molecule has 0 spiro atoms. The lowest BCUT2D eigenvalue weighted by atomic mass is 10.0. The van der Waals surface area contributed by atoms with Gasteiger partial charge in [-0.25, -0.2) is 0 Å². The fourth-order valence-electron chi connectivity index (χ4n) is 3.29. The average molecular weight is 410 g/mol. The minimum Gasteiger partial charge on any atom is -0.461 e. The van der Waals surface area contributed by atoms with Crippen LogP contribution in [0.25, 0.3) is 11.0 Å². The Kier molecular flexibility index (Phi) is 6.10. The minimum atomic E-state index is -0.676. The van der Waals surface area contributed by atoms with E-state index >= 15 is 0 Å². The lowest BCUT2D eigenvalue weighted by Gasteiger charge is -2.05. The maximum Gasteiger partial charge on any atom is 0.301 e. The monoisotopic (exact) mass is 410 g/mol. The highest BCUT2D eigenvalue weighted by molar-refractivity contribution is 5.85. The van der Waals surface area contributed by atoms with E-state index in [1.54, 1.807) is 0 Å². The molecule has 9 nitrogen and oxygen atoms in total. The highest BCUT2D eigenvalue weighted by Crippen LogP contribution is 2.30. The molecule has 0 bridgehead atoms. The smallest absolute Gasteiger partial charge is 0.301 e. The van der Waals surface area contributed by atoms with E-state index in [0.717, 1.165) is 34.9 Å². The molecule has 0 aliphatic heterocycles. The molecule has 0 unspecified atom stereocenters. The van der Waals surface area contributed by atoms with Crippen molar-refractivity contribution in [1.82, 2.24) is 0 Å². The first-order valence-electron chi connectivity index (χ1n) is 9.53. The molecule has 30 heavy (non-hydrogen) atoms. The fraction of sp³-hybridized carbons (Fsp3) is 0.286. The van der Waals surface area contributed by atoms with E-state index in [1.807, 2.05) is 26.0 Å². The zero-order valence-corrected chi connectivity index (χ0v) is 17.0. The third-order valence-corrected chi connectivity index (χ3v) is 4.85. The average Bonchev–Trinajstić information content (AvgIpc) is 3.06. The van der Waals surface area contributed by atoms with Crippen LogP contribution >= 0.6 is 0 Å². The molecule has 3 aromatic rings. The van der Waals surface area contributed by atoms with Crippen molar-refractivity contribution in [3.63, 3.8) is 0 Å². The van der Waals surface area contributed by atoms with Gasteiger partial charge >= 0.3 is 5.69 Å². The number of nitrogens with zero attached hydrogens (tertiary/aromatic N) is 3. The minimum absolute atomic E-state index is 0.0957. The van der Waals surface area contributed by atoms with Gasteiger partial charge in [0, 0.05) is 29.1 Å². The molecule has 0 saturated heterocycles. The Balaban J connectivity index is 1.74. The summed E-state index contributed by atoms with van der Waals surface area (Å²) in [6, 6.07) is 9.51. The van der Waals surface area contributed by atoms with Crippen molar-refractivity contribution in [3.8, 4) is 0 Å². The topological polar surface area (TPSA) is 124 Å². The first-order valence-corrected chi connectivity index (χ1v) is 9.53. The first-order chi connectivity index (χ1) is 14.3. The summed E-state index contributed by atoms with van der Waals surface area (Å²) in [5.74, 6) is 0.911. The Morgan fingerprint density at radius 3 is 2.57 bits per heavy atom. The van der Waals surface area contributed by atoms with Crippen molar-refractivity contribution in [1.29, 1.82) is 0 Å². The standard InChI is InChI=1S/C21H22N4O5/c1-4-16-17-11-13(2)5-9-21(17)30-20(16)10-6-14(3)22-23-18-8-7-15(24(26)27)12-19(18)25(28)29/h5,7-9,11-12,23H,4,6,10H2,1-3H3. The van der Waals surface area contributed by atoms with Crippen molar-refractivity contribution in [2.75, 3.05) is 5.43 Å². The number of hydrogen-bond acceptors (Lipinski definition) is 7. The molecule has 0 fully saturated rings. The predicted octanol–water partition coefficient (Wildman–Crippen LogP) is 5.54. The maximum absolute atomic E-state index is 11.2. The zero-order chi connectivity index (χ0) is 21.8. The van der Waals surface area contributed by atoms with Gasteiger partial charge < -0.3 is 4.42 Å². The lowest BCUT2D eigenvalue weighted by Crippen LogP contribution is -2.03. The van der Waals surface area contributed by atoms with E-state index in [-0.39, 0.29) is 11.4 Å². The summed E-state index contributed by atoms with van der Waals surface area (Å²) in [6.07, 6.45) is 2.10. The Morgan fingerprint density at radius 2 is 1.90 bits per heavy atom. The number of benzene rings is 2. The highest BCUT2D eigenvalue weighted by atomic mass is 16.6. The number of hydrogen-bond donors (Lipinski definition) is 1. The van der Waals surface area contributed by atoms with Crippen molar-refractivity contribution < 1.29 is 14.3 Å². The molecule has 156 valence electrons. The normalized spacial score (nSPS) is 11.6. The number of fused-ring (bicyclic) bond motifs is 1. The molecule has 0 radical (unpaired) electrons. The molecule has 3 rings (SSSR count). The Bertz CT molecular complexity index is 1150. The largest absolute Gasteiger partial charge is 0.461 e. The SMILES string of the molecule is CCc1c(CCC(C)=NNc2ccc([N+](=O)[O-])cc2[N+](=O)[O-])oc2ccc(C)cc12. The molecule has 0 saturated carbocycles.